The normalized spacial score (nSPS) is 15.9. The van der Waals surface area contributed by atoms with Crippen molar-refractivity contribution in [2.24, 2.45) is 11.7 Å². The third kappa shape index (κ3) is 4.34. The maximum absolute atomic E-state index is 13.0. The number of nitrogens with two attached hydrogens (primary N) is 1. The van der Waals surface area contributed by atoms with E-state index in [1.807, 2.05) is 60.4 Å². The molecular formula is C19H24ClN3O. The molecule has 0 radical (unpaired) electrons. The van der Waals surface area contributed by atoms with Crippen molar-refractivity contribution in [3.8, 4) is 0 Å². The van der Waals surface area contributed by atoms with E-state index >= 15 is 0 Å². The minimum absolute atomic E-state index is 0. The predicted octanol–water partition coefficient (Wildman–Crippen LogP) is 3.33. The molecule has 1 heterocycles. The molecule has 1 aliphatic rings. The van der Waals surface area contributed by atoms with E-state index in [2.05, 4.69) is 4.98 Å². The molecule has 1 saturated carbocycles. The molecule has 2 N–H and O–H groups in total. The second-order valence-electron chi connectivity index (χ2n) is 6.24. The number of hydrogen-bond donors (Lipinski definition) is 1. The standard InChI is InChI=1S/C19H23N3O.ClH/c1-14(18(20)15-7-3-2-4-8-15)19(23)22(17-10-11-17)13-16-9-5-6-12-21-16;/h2-9,12,14,17-18H,10-11,13,20H2,1H3;1H. The van der Waals surface area contributed by atoms with Crippen LogP contribution in [0, 0.1) is 5.92 Å². The molecule has 1 amide bonds. The Kier molecular flexibility index (Phi) is 6.35. The number of pyridine rings is 1. The van der Waals surface area contributed by atoms with Crippen LogP contribution in [-0.4, -0.2) is 21.8 Å². The molecule has 5 heteroatoms. The molecule has 1 aromatic carbocycles. The van der Waals surface area contributed by atoms with Gasteiger partial charge in [0.1, 0.15) is 0 Å². The molecular weight excluding hydrogens is 322 g/mol. The van der Waals surface area contributed by atoms with Gasteiger partial charge in [-0.3, -0.25) is 9.78 Å². The zero-order valence-electron chi connectivity index (χ0n) is 13.8. The first-order valence-corrected chi connectivity index (χ1v) is 8.17. The predicted molar refractivity (Wildman–Crippen MR) is 97.6 cm³/mol. The lowest BCUT2D eigenvalue weighted by atomic mass is 9.94. The van der Waals surface area contributed by atoms with Crippen LogP contribution < -0.4 is 5.73 Å². The van der Waals surface area contributed by atoms with Crippen LogP contribution in [0.25, 0.3) is 0 Å². The number of hydrogen-bond acceptors (Lipinski definition) is 3. The van der Waals surface area contributed by atoms with Crippen molar-refractivity contribution in [2.45, 2.75) is 38.4 Å². The first kappa shape index (κ1) is 18.4. The molecule has 4 nitrogen and oxygen atoms in total. The van der Waals surface area contributed by atoms with Crippen molar-refractivity contribution in [3.63, 3.8) is 0 Å². The fourth-order valence-electron chi connectivity index (χ4n) is 2.82. The molecule has 1 aliphatic carbocycles. The Labute approximate surface area is 149 Å². The summed E-state index contributed by atoms with van der Waals surface area (Å²) in [4.78, 5) is 19.3. The summed E-state index contributed by atoms with van der Waals surface area (Å²) in [6.07, 6.45) is 3.92. The van der Waals surface area contributed by atoms with Crippen molar-refractivity contribution in [1.29, 1.82) is 0 Å². The second-order valence-corrected chi connectivity index (χ2v) is 6.24. The van der Waals surface area contributed by atoms with E-state index < -0.39 is 0 Å². The number of benzene rings is 1. The van der Waals surface area contributed by atoms with Crippen molar-refractivity contribution in [2.75, 3.05) is 0 Å². The van der Waals surface area contributed by atoms with Gasteiger partial charge in [-0.1, -0.05) is 43.3 Å². The summed E-state index contributed by atoms with van der Waals surface area (Å²) in [6, 6.07) is 15.7. The molecule has 2 aromatic rings. The van der Waals surface area contributed by atoms with Crippen LogP contribution >= 0.6 is 12.4 Å². The number of carbonyl (C=O) groups is 1. The zero-order chi connectivity index (χ0) is 16.2. The topological polar surface area (TPSA) is 59.2 Å². The minimum atomic E-state index is -0.284. The summed E-state index contributed by atoms with van der Waals surface area (Å²) in [5.74, 6) is -0.129. The van der Waals surface area contributed by atoms with E-state index in [9.17, 15) is 4.79 Å². The van der Waals surface area contributed by atoms with E-state index in [0.717, 1.165) is 24.1 Å². The van der Waals surface area contributed by atoms with Gasteiger partial charge in [-0.15, -0.1) is 12.4 Å². The zero-order valence-corrected chi connectivity index (χ0v) is 14.7. The van der Waals surface area contributed by atoms with Crippen molar-refractivity contribution < 1.29 is 4.79 Å². The fourth-order valence-corrected chi connectivity index (χ4v) is 2.82. The van der Waals surface area contributed by atoms with Gasteiger partial charge in [0.05, 0.1) is 18.2 Å². The summed E-state index contributed by atoms with van der Waals surface area (Å²) in [5.41, 5.74) is 8.25. The van der Waals surface area contributed by atoms with Gasteiger partial charge in [-0.25, -0.2) is 0 Å². The SMILES string of the molecule is CC(C(=O)N(Cc1ccccn1)C1CC1)C(N)c1ccccc1.Cl. The fraction of sp³-hybridized carbons (Fsp3) is 0.368. The summed E-state index contributed by atoms with van der Waals surface area (Å²) in [5, 5.41) is 0. The highest BCUT2D eigenvalue weighted by Gasteiger charge is 2.36. The van der Waals surface area contributed by atoms with Gasteiger partial charge >= 0.3 is 0 Å². The lowest BCUT2D eigenvalue weighted by Crippen LogP contribution is -2.40. The van der Waals surface area contributed by atoms with E-state index in [4.69, 9.17) is 5.73 Å². The summed E-state index contributed by atoms with van der Waals surface area (Å²) < 4.78 is 0. The molecule has 0 aliphatic heterocycles. The Morgan fingerprint density at radius 1 is 1.21 bits per heavy atom. The first-order valence-electron chi connectivity index (χ1n) is 8.17. The average Bonchev–Trinajstić information content (AvgIpc) is 3.44. The van der Waals surface area contributed by atoms with Gasteiger partial charge < -0.3 is 10.6 Å². The molecule has 0 bridgehead atoms. The first-order chi connectivity index (χ1) is 11.2. The van der Waals surface area contributed by atoms with Crippen LogP contribution in [0.2, 0.25) is 0 Å². The van der Waals surface area contributed by atoms with Gasteiger partial charge in [0.15, 0.2) is 0 Å². The third-order valence-electron chi connectivity index (χ3n) is 4.44. The molecule has 0 spiro atoms. The molecule has 24 heavy (non-hydrogen) atoms. The number of amides is 1. The van der Waals surface area contributed by atoms with Crippen LogP contribution in [0.3, 0.4) is 0 Å². The van der Waals surface area contributed by atoms with E-state index in [-0.39, 0.29) is 30.3 Å². The van der Waals surface area contributed by atoms with Gasteiger partial charge in [-0.2, -0.15) is 0 Å². The number of aromatic nitrogens is 1. The number of halogens is 1. The van der Waals surface area contributed by atoms with Gasteiger partial charge in [0, 0.05) is 18.3 Å². The lowest BCUT2D eigenvalue weighted by molar-refractivity contribution is -0.137. The Morgan fingerprint density at radius 2 is 1.88 bits per heavy atom. The number of carbonyl (C=O) groups excluding carboxylic acids is 1. The molecule has 128 valence electrons. The molecule has 3 rings (SSSR count). The Balaban J connectivity index is 0.00000208. The van der Waals surface area contributed by atoms with Gasteiger partial charge in [0.25, 0.3) is 0 Å². The Hall–Kier alpha value is -1.91. The smallest absolute Gasteiger partial charge is 0.227 e. The van der Waals surface area contributed by atoms with Crippen molar-refractivity contribution >= 4 is 18.3 Å². The van der Waals surface area contributed by atoms with Crippen LogP contribution in [0.4, 0.5) is 0 Å². The lowest BCUT2D eigenvalue weighted by Gasteiger charge is -2.28. The summed E-state index contributed by atoms with van der Waals surface area (Å²) in [7, 11) is 0. The van der Waals surface area contributed by atoms with Crippen LogP contribution in [0.5, 0.6) is 0 Å². The van der Waals surface area contributed by atoms with E-state index in [0.29, 0.717) is 12.6 Å². The molecule has 2 unspecified atom stereocenters. The quantitative estimate of drug-likeness (QED) is 0.873. The van der Waals surface area contributed by atoms with Gasteiger partial charge in [0.2, 0.25) is 5.91 Å². The maximum Gasteiger partial charge on any atom is 0.227 e. The highest BCUT2D eigenvalue weighted by molar-refractivity contribution is 5.85. The molecule has 1 fully saturated rings. The highest BCUT2D eigenvalue weighted by Crippen LogP contribution is 2.31. The number of nitrogens with zero attached hydrogens (tertiary/aromatic N) is 2. The van der Waals surface area contributed by atoms with E-state index in [1.165, 1.54) is 0 Å². The Morgan fingerprint density at radius 3 is 2.46 bits per heavy atom. The molecule has 2 atom stereocenters. The molecule has 0 saturated heterocycles. The second kappa shape index (κ2) is 8.27. The highest BCUT2D eigenvalue weighted by atomic mass is 35.5. The molecule has 1 aromatic heterocycles. The largest absolute Gasteiger partial charge is 0.334 e. The van der Waals surface area contributed by atoms with Crippen LogP contribution in [0.15, 0.2) is 54.7 Å². The van der Waals surface area contributed by atoms with Crippen molar-refractivity contribution in [3.05, 3.63) is 66.0 Å². The third-order valence-corrected chi connectivity index (χ3v) is 4.44. The Bertz CT molecular complexity index is 646. The van der Waals surface area contributed by atoms with Crippen molar-refractivity contribution in [1.82, 2.24) is 9.88 Å². The van der Waals surface area contributed by atoms with E-state index in [1.54, 1.807) is 6.20 Å². The van der Waals surface area contributed by atoms with Gasteiger partial charge in [-0.05, 0) is 30.5 Å². The average molecular weight is 346 g/mol. The minimum Gasteiger partial charge on any atom is -0.334 e. The summed E-state index contributed by atoms with van der Waals surface area (Å²) >= 11 is 0. The maximum atomic E-state index is 13.0. The van der Waals surface area contributed by atoms with Crippen LogP contribution in [0.1, 0.15) is 37.1 Å². The van der Waals surface area contributed by atoms with Crippen LogP contribution in [-0.2, 0) is 11.3 Å². The number of rotatable bonds is 6. The monoisotopic (exact) mass is 345 g/mol. The summed E-state index contributed by atoms with van der Waals surface area (Å²) in [6.45, 7) is 2.49.